The van der Waals surface area contributed by atoms with Gasteiger partial charge in [0.05, 0.1) is 54.4 Å². The van der Waals surface area contributed by atoms with E-state index in [1.807, 2.05) is 0 Å². The summed E-state index contributed by atoms with van der Waals surface area (Å²) in [5.74, 6) is 0. The summed E-state index contributed by atoms with van der Waals surface area (Å²) in [7, 11) is 4.71. The quantitative estimate of drug-likeness (QED) is 0.0263. The van der Waals surface area contributed by atoms with Crippen LogP contribution in [0, 0.1) is 0 Å². The monoisotopic (exact) mass is 1200 g/mol. The van der Waals surface area contributed by atoms with Crippen molar-refractivity contribution in [3.05, 3.63) is 0 Å². The predicted octanol–water partition coefficient (Wildman–Crippen LogP) is 25.8. The van der Waals surface area contributed by atoms with Gasteiger partial charge in [-0.15, -0.1) is 0 Å². The van der Waals surface area contributed by atoms with Crippen molar-refractivity contribution in [2.45, 2.75) is 439 Å². The van der Waals surface area contributed by atoms with Crippen molar-refractivity contribution in [2.24, 2.45) is 0 Å². The molecule has 0 radical (unpaired) electrons. The Labute approximate surface area is 527 Å². The van der Waals surface area contributed by atoms with E-state index in [4.69, 9.17) is 17.5 Å². The first kappa shape index (κ1) is 87.0. The molecule has 0 heterocycles. The molecule has 0 N–H and O–H groups in total. The number of nitrogens with zero attached hydrogens (tertiary/aromatic N) is 2. The van der Waals surface area contributed by atoms with Gasteiger partial charge < -0.3 is 18.1 Å². The van der Waals surface area contributed by atoms with Gasteiger partial charge in [0.1, 0.15) is 0 Å². The molecule has 0 rings (SSSR count). The minimum absolute atomic E-state index is 1.25. The summed E-state index contributed by atoms with van der Waals surface area (Å²) in [5.41, 5.74) is 0. The first-order chi connectivity index (χ1) is 40.2. The average Bonchev–Trinajstić information content (AvgIpc) is 3.44. The van der Waals surface area contributed by atoms with Crippen LogP contribution in [0.4, 0.5) is 0 Å². The largest absolute Gasteiger partial charge is 0.759 e. The molecule has 0 bridgehead atoms. The zero-order valence-corrected chi connectivity index (χ0v) is 59.8. The number of unbranched alkanes of at least 4 members (excludes halogenated alkanes) is 60. The van der Waals surface area contributed by atoms with Crippen LogP contribution >= 0.6 is 0 Å². The third-order valence-electron chi connectivity index (χ3n) is 18.5. The van der Waals surface area contributed by atoms with Crippen molar-refractivity contribution in [1.29, 1.82) is 0 Å². The number of hydrogen-bond acceptors (Lipinski definition) is 4. The fraction of sp³-hybridized carbons (Fsp3) is 1.00. The first-order valence-corrected chi connectivity index (χ1v) is 39.9. The van der Waals surface area contributed by atoms with Crippen molar-refractivity contribution in [2.75, 3.05) is 54.4 Å². The molecule has 0 aromatic rings. The Kier molecular flexibility index (Phi) is 76.0. The summed E-state index contributed by atoms with van der Waals surface area (Å²) < 4.78 is 36.6. The van der Waals surface area contributed by atoms with Gasteiger partial charge in [-0.1, -0.05) is 387 Å². The minimum Gasteiger partial charge on any atom is -0.759 e. The van der Waals surface area contributed by atoms with Gasteiger partial charge >= 0.3 is 0 Å². The Hall–Kier alpha value is -0.210. The Morgan fingerprint density at radius 3 is 0.337 bits per heavy atom. The Morgan fingerprint density at radius 1 is 0.181 bits per heavy atom. The summed E-state index contributed by atoms with van der Waals surface area (Å²) in [6.45, 7) is 14.8. The Morgan fingerprint density at radius 2 is 0.253 bits per heavy atom. The molecule has 0 aliphatic rings. The van der Waals surface area contributed by atoms with Crippen molar-refractivity contribution in [3.8, 4) is 0 Å². The number of quaternary nitrogens is 2. The Bertz CT molecular complexity index is 1090. The van der Waals surface area contributed by atoms with Gasteiger partial charge in [-0.05, 0) is 51.4 Å². The van der Waals surface area contributed by atoms with Crippen LogP contribution in [0.25, 0.3) is 0 Å². The molecule has 504 valence electrons. The lowest BCUT2D eigenvalue weighted by molar-refractivity contribution is -0.890. The maximum absolute atomic E-state index is 8.52. The van der Waals surface area contributed by atoms with E-state index in [9.17, 15) is 0 Å². The lowest BCUT2D eigenvalue weighted by atomic mass is 10.0. The van der Waals surface area contributed by atoms with E-state index in [1.165, 1.54) is 446 Å². The fourth-order valence-electron chi connectivity index (χ4n) is 12.6. The van der Waals surface area contributed by atoms with Crippen molar-refractivity contribution in [3.63, 3.8) is 0 Å². The van der Waals surface area contributed by atoms with Crippen LogP contribution < -0.4 is 0 Å². The van der Waals surface area contributed by atoms with Gasteiger partial charge in [0.25, 0.3) is 0 Å². The van der Waals surface area contributed by atoms with Crippen LogP contribution in [0.2, 0.25) is 0 Å². The third kappa shape index (κ3) is 90.7. The summed E-state index contributed by atoms with van der Waals surface area (Å²) in [6, 6.07) is 0. The van der Waals surface area contributed by atoms with Gasteiger partial charge in [-0.25, -0.2) is 0 Å². The lowest BCUT2D eigenvalue weighted by Gasteiger charge is -2.30. The molecule has 6 nitrogen and oxygen atoms in total. The molecule has 0 saturated carbocycles. The zero-order valence-electron chi connectivity index (χ0n) is 59.0. The van der Waals surface area contributed by atoms with Crippen LogP contribution in [0.5, 0.6) is 0 Å². The van der Waals surface area contributed by atoms with Gasteiger partial charge in [0.2, 0.25) is 0 Å². The van der Waals surface area contributed by atoms with Gasteiger partial charge in [0.15, 0.2) is 0 Å². The van der Waals surface area contributed by atoms with E-state index < -0.39 is 10.4 Å². The molecule has 83 heavy (non-hydrogen) atoms. The van der Waals surface area contributed by atoms with E-state index in [-0.39, 0.29) is 0 Å². The van der Waals surface area contributed by atoms with Gasteiger partial charge in [-0.3, -0.25) is 8.42 Å². The molecule has 0 aliphatic heterocycles. The molecule has 7 heteroatoms. The van der Waals surface area contributed by atoms with E-state index in [2.05, 4.69) is 55.9 Å². The maximum atomic E-state index is 8.52. The second-order valence-electron chi connectivity index (χ2n) is 28.4. The van der Waals surface area contributed by atoms with Crippen LogP contribution in [-0.4, -0.2) is 80.9 Å². The highest BCUT2D eigenvalue weighted by Crippen LogP contribution is 2.20. The molecule has 0 aliphatic carbocycles. The summed E-state index contributed by atoms with van der Waals surface area (Å²) in [5, 5.41) is 0. The minimum atomic E-state index is -5.17. The average molecular weight is 1200 g/mol. The molecule has 0 fully saturated rings. The zero-order chi connectivity index (χ0) is 61.6. The molecule has 0 amide bonds. The summed E-state index contributed by atoms with van der Waals surface area (Å²) in [6.07, 6.45) is 93.9. The molecule has 0 unspecified atom stereocenters. The second kappa shape index (κ2) is 72.5. The Balaban J connectivity index is -0.00000142. The van der Waals surface area contributed by atoms with Crippen LogP contribution in [0.15, 0.2) is 0 Å². The number of rotatable bonds is 68. The van der Waals surface area contributed by atoms with E-state index in [1.54, 1.807) is 0 Å². The van der Waals surface area contributed by atoms with Crippen LogP contribution in [0.3, 0.4) is 0 Å². The lowest BCUT2D eigenvalue weighted by Crippen LogP contribution is -2.41. The molecule has 0 spiro atoms. The van der Waals surface area contributed by atoms with E-state index >= 15 is 0 Å². The molecular weight excluding hydrogens is 1040 g/mol. The predicted molar refractivity (Wildman–Crippen MR) is 372 cm³/mol. The molecule has 0 atom stereocenters. The van der Waals surface area contributed by atoms with Gasteiger partial charge in [0, 0.05) is 10.4 Å². The highest BCUT2D eigenvalue weighted by atomic mass is 32.3. The second-order valence-corrected chi connectivity index (χ2v) is 29.2. The van der Waals surface area contributed by atoms with Crippen LogP contribution in [0.1, 0.15) is 439 Å². The standard InChI is InChI=1S/2C38H80N.H2O4S/c2*1-5-7-9-11-13-15-17-19-21-23-25-27-29-31-33-35-37-39(3,4)38-36-34-32-30-28-26-24-22-20-18-16-14-12-10-8-6-2;1-5(2,3)4/h2*5-38H2,1-4H3;(H2,1,2,3,4)/q2*+1;/p-2. The maximum Gasteiger partial charge on any atom is 0.0782 e. The molecule has 0 saturated heterocycles. The van der Waals surface area contributed by atoms with Crippen molar-refractivity contribution >= 4 is 10.4 Å². The normalized spacial score (nSPS) is 12.0. The molecular formula is C76H160N2O4S. The molecule has 0 aromatic heterocycles. The van der Waals surface area contributed by atoms with Crippen LogP contribution in [-0.2, 0) is 10.4 Å². The summed E-state index contributed by atoms with van der Waals surface area (Å²) in [4.78, 5) is 0. The first-order valence-electron chi connectivity index (χ1n) is 38.5. The summed E-state index contributed by atoms with van der Waals surface area (Å²) >= 11 is 0. The topological polar surface area (TPSA) is 80.3 Å². The van der Waals surface area contributed by atoms with Crippen molar-refractivity contribution in [1.82, 2.24) is 0 Å². The van der Waals surface area contributed by atoms with Crippen molar-refractivity contribution < 1.29 is 26.5 Å². The molecule has 0 aromatic carbocycles. The van der Waals surface area contributed by atoms with E-state index in [0.717, 1.165) is 0 Å². The third-order valence-corrected chi connectivity index (χ3v) is 18.5. The fourth-order valence-corrected chi connectivity index (χ4v) is 12.6. The van der Waals surface area contributed by atoms with E-state index in [0.29, 0.717) is 0 Å². The number of hydrogen-bond donors (Lipinski definition) is 0. The smallest absolute Gasteiger partial charge is 0.0782 e. The SMILES string of the molecule is CCCCCCCCCCCCCCCCCC[N+](C)(C)CCCCCCCCCCCCCCCCCC.CCCCCCCCCCCCCCCCCC[N+](C)(C)CCCCCCCCCCCCCCCCCC.O=S(=O)([O-])[O-]. The van der Waals surface area contributed by atoms with Gasteiger partial charge in [-0.2, -0.15) is 0 Å². The highest BCUT2D eigenvalue weighted by Gasteiger charge is 2.15. The highest BCUT2D eigenvalue weighted by molar-refractivity contribution is 7.79.